The van der Waals surface area contributed by atoms with Crippen LogP contribution in [0.5, 0.6) is 5.75 Å². The highest BCUT2D eigenvalue weighted by atomic mass is 32.1. The molecule has 24 heavy (non-hydrogen) atoms. The van der Waals surface area contributed by atoms with Gasteiger partial charge in [-0.1, -0.05) is 25.1 Å². The molecule has 0 fully saturated rings. The lowest BCUT2D eigenvalue weighted by Gasteiger charge is -2.21. The SMILES string of the molecule is CC[C@@H](NC(=O)N[C@H]1CCCOc2ccccc21)c1nc(C)cs1. The van der Waals surface area contributed by atoms with Crippen molar-refractivity contribution >= 4 is 17.4 Å². The van der Waals surface area contributed by atoms with E-state index in [-0.39, 0.29) is 18.1 Å². The Balaban J connectivity index is 1.68. The van der Waals surface area contributed by atoms with E-state index in [4.69, 9.17) is 4.74 Å². The van der Waals surface area contributed by atoms with Crippen molar-refractivity contribution in [1.29, 1.82) is 0 Å². The molecule has 2 atom stereocenters. The second kappa shape index (κ2) is 7.66. The molecule has 0 aliphatic carbocycles. The second-order valence-electron chi connectivity index (χ2n) is 5.99. The number of amides is 2. The topological polar surface area (TPSA) is 63.2 Å². The number of benzene rings is 1. The number of carbonyl (C=O) groups is 1. The van der Waals surface area contributed by atoms with Gasteiger partial charge in [0.2, 0.25) is 0 Å². The third kappa shape index (κ3) is 3.87. The van der Waals surface area contributed by atoms with Crippen molar-refractivity contribution in [3.05, 3.63) is 45.9 Å². The Kier molecular flexibility index (Phi) is 5.35. The molecule has 2 amide bonds. The first kappa shape index (κ1) is 16.8. The van der Waals surface area contributed by atoms with Gasteiger partial charge in [-0.05, 0) is 32.3 Å². The second-order valence-corrected chi connectivity index (χ2v) is 6.88. The molecule has 2 aromatic rings. The fraction of sp³-hybridized carbons (Fsp3) is 0.444. The molecule has 1 aromatic carbocycles. The van der Waals surface area contributed by atoms with Crippen LogP contribution in [0.2, 0.25) is 0 Å². The number of urea groups is 1. The molecule has 1 aliphatic rings. The Hall–Kier alpha value is -2.08. The van der Waals surface area contributed by atoms with Crippen molar-refractivity contribution in [3.63, 3.8) is 0 Å². The summed E-state index contributed by atoms with van der Waals surface area (Å²) in [7, 11) is 0. The fourth-order valence-electron chi connectivity index (χ4n) is 2.90. The Morgan fingerprint density at radius 3 is 3.04 bits per heavy atom. The van der Waals surface area contributed by atoms with Gasteiger partial charge in [0.15, 0.2) is 0 Å². The van der Waals surface area contributed by atoms with E-state index in [2.05, 4.69) is 22.5 Å². The standard InChI is InChI=1S/C18H23N3O2S/c1-3-14(17-19-12(2)11-24-17)20-18(22)21-15-8-6-10-23-16-9-5-4-7-13(15)16/h4-5,7,9,11,14-15H,3,6,8,10H2,1-2H3,(H2,20,21,22)/t14-,15+/m1/s1. The highest BCUT2D eigenvalue weighted by Gasteiger charge is 2.23. The normalized spacial score (nSPS) is 18.0. The van der Waals surface area contributed by atoms with Crippen molar-refractivity contribution < 1.29 is 9.53 Å². The molecular weight excluding hydrogens is 322 g/mol. The zero-order valence-corrected chi connectivity index (χ0v) is 14.9. The predicted octanol–water partition coefficient (Wildman–Crippen LogP) is 4.12. The van der Waals surface area contributed by atoms with Crippen molar-refractivity contribution in [2.24, 2.45) is 0 Å². The van der Waals surface area contributed by atoms with Crippen LogP contribution >= 0.6 is 11.3 Å². The lowest BCUT2D eigenvalue weighted by Crippen LogP contribution is -2.39. The van der Waals surface area contributed by atoms with Gasteiger partial charge in [0.05, 0.1) is 18.7 Å². The molecule has 0 saturated heterocycles. The average Bonchev–Trinajstić information content (AvgIpc) is 2.91. The molecule has 3 rings (SSSR count). The number of ether oxygens (including phenoxy) is 1. The summed E-state index contributed by atoms with van der Waals surface area (Å²) in [6.07, 6.45) is 2.60. The summed E-state index contributed by atoms with van der Waals surface area (Å²) in [5.41, 5.74) is 2.04. The van der Waals surface area contributed by atoms with Crippen molar-refractivity contribution in [2.75, 3.05) is 6.61 Å². The Bertz CT molecular complexity index is 701. The molecule has 0 spiro atoms. The minimum Gasteiger partial charge on any atom is -0.493 e. The minimum atomic E-state index is -0.156. The maximum atomic E-state index is 12.5. The first-order valence-electron chi connectivity index (χ1n) is 8.38. The van der Waals surface area contributed by atoms with Gasteiger partial charge in [-0.15, -0.1) is 11.3 Å². The summed E-state index contributed by atoms with van der Waals surface area (Å²) in [6, 6.07) is 7.68. The number of carbonyl (C=O) groups excluding carboxylic acids is 1. The Morgan fingerprint density at radius 1 is 1.46 bits per heavy atom. The quantitative estimate of drug-likeness (QED) is 0.876. The first-order chi connectivity index (χ1) is 11.7. The molecule has 1 aromatic heterocycles. The van der Waals surface area contributed by atoms with Gasteiger partial charge in [-0.2, -0.15) is 0 Å². The smallest absolute Gasteiger partial charge is 0.315 e. The summed E-state index contributed by atoms with van der Waals surface area (Å²) in [5.74, 6) is 0.864. The molecule has 6 heteroatoms. The summed E-state index contributed by atoms with van der Waals surface area (Å²) in [5, 5.41) is 9.12. The van der Waals surface area contributed by atoms with Crippen LogP contribution in [-0.2, 0) is 0 Å². The van der Waals surface area contributed by atoms with Crippen LogP contribution in [0.3, 0.4) is 0 Å². The van der Waals surface area contributed by atoms with E-state index < -0.39 is 0 Å². The fourth-order valence-corrected chi connectivity index (χ4v) is 3.83. The van der Waals surface area contributed by atoms with E-state index in [1.54, 1.807) is 11.3 Å². The van der Waals surface area contributed by atoms with Gasteiger partial charge in [0.1, 0.15) is 10.8 Å². The van der Waals surface area contributed by atoms with Crippen LogP contribution < -0.4 is 15.4 Å². The van der Waals surface area contributed by atoms with Gasteiger partial charge < -0.3 is 15.4 Å². The number of nitrogens with zero attached hydrogens (tertiary/aromatic N) is 1. The highest BCUT2D eigenvalue weighted by Crippen LogP contribution is 2.31. The number of aromatic nitrogens is 1. The average molecular weight is 345 g/mol. The van der Waals surface area contributed by atoms with Crippen molar-refractivity contribution in [3.8, 4) is 5.75 Å². The van der Waals surface area contributed by atoms with Gasteiger partial charge >= 0.3 is 6.03 Å². The molecule has 128 valence electrons. The van der Waals surface area contributed by atoms with Gasteiger partial charge in [-0.25, -0.2) is 9.78 Å². The summed E-state index contributed by atoms with van der Waals surface area (Å²) < 4.78 is 5.75. The van der Waals surface area contributed by atoms with Gasteiger partial charge in [0.25, 0.3) is 0 Å². The summed E-state index contributed by atoms with van der Waals surface area (Å²) in [6.45, 7) is 4.71. The monoisotopic (exact) mass is 345 g/mol. The molecule has 2 N–H and O–H groups in total. The van der Waals surface area contributed by atoms with Gasteiger partial charge in [-0.3, -0.25) is 0 Å². The first-order valence-corrected chi connectivity index (χ1v) is 9.26. The third-order valence-electron chi connectivity index (χ3n) is 4.14. The van der Waals surface area contributed by atoms with E-state index in [1.807, 2.05) is 36.6 Å². The maximum Gasteiger partial charge on any atom is 0.315 e. The molecule has 0 unspecified atom stereocenters. The summed E-state index contributed by atoms with van der Waals surface area (Å²) >= 11 is 1.59. The zero-order chi connectivity index (χ0) is 16.9. The van der Waals surface area contributed by atoms with Crippen LogP contribution in [0.15, 0.2) is 29.6 Å². The Morgan fingerprint density at radius 2 is 2.29 bits per heavy atom. The molecule has 0 radical (unpaired) electrons. The van der Waals surface area contributed by atoms with E-state index in [1.165, 1.54) is 0 Å². The molecule has 5 nitrogen and oxygen atoms in total. The van der Waals surface area contributed by atoms with Gasteiger partial charge in [0, 0.05) is 16.6 Å². The maximum absolute atomic E-state index is 12.5. The zero-order valence-electron chi connectivity index (χ0n) is 14.0. The lowest BCUT2D eigenvalue weighted by molar-refractivity contribution is 0.232. The number of para-hydroxylation sites is 1. The number of thiazole rings is 1. The number of nitrogens with one attached hydrogen (secondary N) is 2. The number of rotatable bonds is 4. The molecule has 0 saturated carbocycles. The van der Waals surface area contributed by atoms with E-state index in [0.29, 0.717) is 6.61 Å². The van der Waals surface area contributed by atoms with Crippen molar-refractivity contribution in [2.45, 2.75) is 45.2 Å². The molecule has 0 bridgehead atoms. The molecule has 2 heterocycles. The number of hydrogen-bond acceptors (Lipinski definition) is 4. The van der Waals surface area contributed by atoms with Crippen LogP contribution in [0.25, 0.3) is 0 Å². The van der Waals surface area contributed by atoms with E-state index in [0.717, 1.165) is 41.3 Å². The van der Waals surface area contributed by atoms with E-state index in [9.17, 15) is 4.79 Å². The van der Waals surface area contributed by atoms with Crippen LogP contribution in [-0.4, -0.2) is 17.6 Å². The van der Waals surface area contributed by atoms with Crippen LogP contribution in [0, 0.1) is 6.92 Å². The van der Waals surface area contributed by atoms with Crippen LogP contribution in [0.4, 0.5) is 4.79 Å². The molecule has 1 aliphatic heterocycles. The predicted molar refractivity (Wildman–Crippen MR) is 95.5 cm³/mol. The number of hydrogen-bond donors (Lipinski definition) is 2. The molecular formula is C18H23N3O2S. The van der Waals surface area contributed by atoms with Crippen molar-refractivity contribution in [1.82, 2.24) is 15.6 Å². The number of aryl methyl sites for hydroxylation is 1. The van der Waals surface area contributed by atoms with Crippen LogP contribution in [0.1, 0.15) is 54.5 Å². The summed E-state index contributed by atoms with van der Waals surface area (Å²) in [4.78, 5) is 17.0. The largest absolute Gasteiger partial charge is 0.493 e. The highest BCUT2D eigenvalue weighted by molar-refractivity contribution is 7.09. The minimum absolute atomic E-state index is 0.0285. The Labute approximate surface area is 146 Å². The van der Waals surface area contributed by atoms with E-state index >= 15 is 0 Å². The lowest BCUT2D eigenvalue weighted by atomic mass is 10.0. The number of fused-ring (bicyclic) bond motifs is 1. The third-order valence-corrected chi connectivity index (χ3v) is 5.22.